The summed E-state index contributed by atoms with van der Waals surface area (Å²) in [5.74, 6) is 1.41. The van der Waals surface area contributed by atoms with Crippen molar-refractivity contribution in [3.05, 3.63) is 34.3 Å². The second-order valence-electron chi connectivity index (χ2n) is 5.99. The second kappa shape index (κ2) is 5.86. The van der Waals surface area contributed by atoms with E-state index in [1.165, 1.54) is 19.3 Å². The Morgan fingerprint density at radius 2 is 2.20 bits per heavy atom. The van der Waals surface area contributed by atoms with Gasteiger partial charge in [-0.3, -0.25) is 4.79 Å². The van der Waals surface area contributed by atoms with E-state index < -0.39 is 0 Å². The van der Waals surface area contributed by atoms with Crippen LogP contribution in [-0.2, 0) is 4.79 Å². The lowest BCUT2D eigenvalue weighted by Gasteiger charge is -2.22. The van der Waals surface area contributed by atoms with Gasteiger partial charge in [-0.2, -0.15) is 0 Å². The summed E-state index contributed by atoms with van der Waals surface area (Å²) in [5.41, 5.74) is 1.13. The smallest absolute Gasteiger partial charge is 0.237 e. The average molecular weight is 337 g/mol. The summed E-state index contributed by atoms with van der Waals surface area (Å²) in [6.07, 6.45) is 3.75. The van der Waals surface area contributed by atoms with E-state index in [4.69, 9.17) is 0 Å². The van der Waals surface area contributed by atoms with Crippen LogP contribution in [0.5, 0.6) is 0 Å². The Morgan fingerprint density at radius 3 is 3.00 bits per heavy atom. The van der Waals surface area contributed by atoms with Gasteiger partial charge in [-0.25, -0.2) is 0 Å². The summed E-state index contributed by atoms with van der Waals surface area (Å²) in [5, 5.41) is 6.57. The first-order valence-corrected chi connectivity index (χ1v) is 8.24. The molecule has 1 aromatic rings. The first-order chi connectivity index (χ1) is 9.66. The zero-order valence-electron chi connectivity index (χ0n) is 11.7. The van der Waals surface area contributed by atoms with Crippen LogP contribution in [0.15, 0.2) is 28.7 Å². The highest BCUT2D eigenvalue weighted by Gasteiger charge is 2.42. The highest BCUT2D eigenvalue weighted by atomic mass is 79.9. The molecule has 0 spiro atoms. The van der Waals surface area contributed by atoms with Gasteiger partial charge < -0.3 is 10.6 Å². The zero-order chi connectivity index (χ0) is 14.1. The van der Waals surface area contributed by atoms with Gasteiger partial charge in [0.15, 0.2) is 0 Å². The molecule has 1 aliphatic carbocycles. The molecule has 1 amide bonds. The molecule has 2 fully saturated rings. The maximum atomic E-state index is 12.5. The number of halogens is 1. The molecule has 3 rings (SSSR count). The van der Waals surface area contributed by atoms with Crippen LogP contribution >= 0.6 is 15.9 Å². The molecule has 0 aromatic heterocycles. The van der Waals surface area contributed by atoms with Gasteiger partial charge in [0.05, 0.1) is 12.1 Å². The van der Waals surface area contributed by atoms with Crippen molar-refractivity contribution < 1.29 is 4.79 Å². The predicted molar refractivity (Wildman–Crippen MR) is 83.3 cm³/mol. The molecule has 4 heteroatoms. The van der Waals surface area contributed by atoms with Crippen molar-refractivity contribution in [2.75, 3.05) is 6.54 Å². The van der Waals surface area contributed by atoms with Gasteiger partial charge in [0.2, 0.25) is 5.91 Å². The van der Waals surface area contributed by atoms with Gasteiger partial charge in [-0.1, -0.05) is 40.5 Å². The van der Waals surface area contributed by atoms with Gasteiger partial charge in [-0.05, 0) is 49.8 Å². The quantitative estimate of drug-likeness (QED) is 0.890. The summed E-state index contributed by atoms with van der Waals surface area (Å²) >= 11 is 3.55. The fourth-order valence-electron chi connectivity index (χ4n) is 3.68. The summed E-state index contributed by atoms with van der Waals surface area (Å²) in [6, 6.07) is 8.09. The van der Waals surface area contributed by atoms with E-state index in [2.05, 4.69) is 32.6 Å². The van der Waals surface area contributed by atoms with Gasteiger partial charge in [0.1, 0.15) is 0 Å². The van der Waals surface area contributed by atoms with Crippen LogP contribution in [0.2, 0.25) is 0 Å². The molecule has 1 saturated heterocycles. The monoisotopic (exact) mass is 336 g/mol. The van der Waals surface area contributed by atoms with Crippen molar-refractivity contribution in [2.45, 2.75) is 38.3 Å². The van der Waals surface area contributed by atoms with Crippen molar-refractivity contribution in [1.82, 2.24) is 10.6 Å². The number of hydrogen-bond acceptors (Lipinski definition) is 2. The molecule has 1 saturated carbocycles. The fraction of sp³-hybridized carbons (Fsp3) is 0.562. The summed E-state index contributed by atoms with van der Waals surface area (Å²) in [6.45, 7) is 3.05. The Labute approximate surface area is 128 Å². The van der Waals surface area contributed by atoms with Gasteiger partial charge in [-0.15, -0.1) is 0 Å². The van der Waals surface area contributed by atoms with Crippen molar-refractivity contribution in [2.24, 2.45) is 11.8 Å². The van der Waals surface area contributed by atoms with Crippen LogP contribution in [-0.4, -0.2) is 18.5 Å². The minimum atomic E-state index is 0.00689. The number of nitrogens with one attached hydrogen (secondary N) is 2. The minimum absolute atomic E-state index is 0.00689. The Morgan fingerprint density at radius 1 is 1.40 bits per heavy atom. The van der Waals surface area contributed by atoms with E-state index in [1.807, 2.05) is 25.1 Å². The SMILES string of the molecule is CC(NC(=O)C1NCC2CCCC21)c1ccccc1Br. The molecule has 4 unspecified atom stereocenters. The molecule has 1 aromatic carbocycles. The maximum Gasteiger partial charge on any atom is 0.237 e. The third-order valence-electron chi connectivity index (χ3n) is 4.76. The number of amides is 1. The molecule has 2 N–H and O–H groups in total. The van der Waals surface area contributed by atoms with Crippen LogP contribution in [0, 0.1) is 11.8 Å². The third-order valence-corrected chi connectivity index (χ3v) is 5.48. The lowest BCUT2D eigenvalue weighted by molar-refractivity contribution is -0.124. The molecule has 3 nitrogen and oxygen atoms in total. The molecule has 2 aliphatic rings. The van der Waals surface area contributed by atoms with Crippen molar-refractivity contribution >= 4 is 21.8 Å². The lowest BCUT2D eigenvalue weighted by atomic mass is 9.93. The molecule has 1 aliphatic heterocycles. The number of rotatable bonds is 3. The first-order valence-electron chi connectivity index (χ1n) is 7.45. The van der Waals surface area contributed by atoms with Gasteiger partial charge in [0, 0.05) is 4.47 Å². The van der Waals surface area contributed by atoms with Gasteiger partial charge in [0.25, 0.3) is 0 Å². The Hall–Kier alpha value is -0.870. The molecule has 1 heterocycles. The van der Waals surface area contributed by atoms with Crippen molar-refractivity contribution in [3.8, 4) is 0 Å². The summed E-state index contributed by atoms with van der Waals surface area (Å²) < 4.78 is 1.05. The van der Waals surface area contributed by atoms with E-state index in [0.29, 0.717) is 11.8 Å². The van der Waals surface area contributed by atoms with Crippen LogP contribution in [0.1, 0.15) is 37.8 Å². The largest absolute Gasteiger partial charge is 0.348 e. The van der Waals surface area contributed by atoms with Crippen molar-refractivity contribution in [3.63, 3.8) is 0 Å². The highest BCUT2D eigenvalue weighted by Crippen LogP contribution is 2.38. The highest BCUT2D eigenvalue weighted by molar-refractivity contribution is 9.10. The molecule has 0 bridgehead atoms. The maximum absolute atomic E-state index is 12.5. The fourth-order valence-corrected chi connectivity index (χ4v) is 4.31. The molecule has 20 heavy (non-hydrogen) atoms. The Kier molecular flexibility index (Phi) is 4.13. The van der Waals surface area contributed by atoms with Crippen molar-refractivity contribution in [1.29, 1.82) is 0 Å². The summed E-state index contributed by atoms with van der Waals surface area (Å²) in [7, 11) is 0. The number of carbonyl (C=O) groups excluding carboxylic acids is 1. The number of benzene rings is 1. The predicted octanol–water partition coefficient (Wildman–Crippen LogP) is 3.01. The first kappa shape index (κ1) is 14.1. The topological polar surface area (TPSA) is 41.1 Å². The Bertz CT molecular complexity index is 505. The van der Waals surface area contributed by atoms with E-state index in [9.17, 15) is 4.79 Å². The van der Waals surface area contributed by atoms with Crippen LogP contribution in [0.25, 0.3) is 0 Å². The van der Waals surface area contributed by atoms with E-state index in [-0.39, 0.29) is 18.0 Å². The molecular formula is C16H21BrN2O. The number of fused-ring (bicyclic) bond motifs is 1. The Balaban J connectivity index is 1.66. The summed E-state index contributed by atoms with van der Waals surface area (Å²) in [4.78, 5) is 12.5. The molecular weight excluding hydrogens is 316 g/mol. The number of hydrogen-bond donors (Lipinski definition) is 2. The van der Waals surface area contributed by atoms with Crippen LogP contribution in [0.3, 0.4) is 0 Å². The van der Waals surface area contributed by atoms with E-state index >= 15 is 0 Å². The van der Waals surface area contributed by atoms with E-state index in [1.54, 1.807) is 0 Å². The lowest BCUT2D eigenvalue weighted by Crippen LogP contribution is -2.44. The van der Waals surface area contributed by atoms with Crippen LogP contribution in [0.4, 0.5) is 0 Å². The molecule has 108 valence electrons. The normalized spacial score (nSPS) is 30.0. The second-order valence-corrected chi connectivity index (χ2v) is 6.85. The minimum Gasteiger partial charge on any atom is -0.348 e. The molecule has 0 radical (unpaired) electrons. The van der Waals surface area contributed by atoms with Gasteiger partial charge >= 0.3 is 0 Å². The third kappa shape index (κ3) is 2.63. The molecule has 4 atom stereocenters. The average Bonchev–Trinajstić information content (AvgIpc) is 3.00. The zero-order valence-corrected chi connectivity index (χ0v) is 13.3. The van der Waals surface area contributed by atoms with E-state index in [0.717, 1.165) is 16.6 Å². The standard InChI is InChI=1S/C16H21BrN2O/c1-10(12-6-2-3-8-14(12)17)19-16(20)15-13-7-4-5-11(13)9-18-15/h2-3,6,8,10-11,13,15,18H,4-5,7,9H2,1H3,(H,19,20). The number of carbonyl (C=O) groups is 1. The van der Waals surface area contributed by atoms with Crippen LogP contribution < -0.4 is 10.6 Å².